The smallest absolute Gasteiger partial charge is 0.0682 e. The molecular weight excluding hydrogens is 227 g/mol. The third kappa shape index (κ3) is 1.95. The van der Waals surface area contributed by atoms with Crippen LogP contribution in [0.1, 0.15) is 11.1 Å². The molecule has 0 heterocycles. The lowest BCUT2D eigenvalue weighted by atomic mass is 10.1. The molecule has 0 saturated carbocycles. The summed E-state index contributed by atoms with van der Waals surface area (Å²) in [6.07, 6.45) is 0. The van der Waals surface area contributed by atoms with Crippen molar-refractivity contribution in [2.24, 2.45) is 0 Å². The zero-order chi connectivity index (χ0) is 8.43. The minimum absolute atomic E-state index is 0.0356. The minimum atomic E-state index is 0.0356. The molecule has 0 radical (unpaired) electrons. The van der Waals surface area contributed by atoms with Gasteiger partial charge in [-0.1, -0.05) is 17.7 Å². The number of aliphatic hydroxyl groups is 1. The second-order valence-corrected chi connectivity index (χ2v) is 3.57. The summed E-state index contributed by atoms with van der Waals surface area (Å²) in [4.78, 5) is 0. The van der Waals surface area contributed by atoms with E-state index in [4.69, 9.17) is 16.7 Å². The Hall–Kier alpha value is -0.0500. The quantitative estimate of drug-likeness (QED) is 0.793. The van der Waals surface area contributed by atoms with E-state index in [1.54, 1.807) is 6.07 Å². The fourth-order valence-electron chi connectivity index (χ4n) is 0.889. The largest absolute Gasteiger partial charge is 0.392 e. The molecule has 60 valence electrons. The molecule has 0 aliphatic rings. The third-order valence-corrected chi connectivity index (χ3v) is 3.03. The van der Waals surface area contributed by atoms with Gasteiger partial charge in [0.15, 0.2) is 0 Å². The normalized spacial score (nSPS) is 10.2. The summed E-state index contributed by atoms with van der Waals surface area (Å²) in [5.74, 6) is 0. The highest BCUT2D eigenvalue weighted by atomic mass is 79.9. The van der Waals surface area contributed by atoms with Crippen LogP contribution in [-0.2, 0) is 6.61 Å². The van der Waals surface area contributed by atoms with E-state index in [-0.39, 0.29) is 6.61 Å². The highest BCUT2D eigenvalue weighted by Gasteiger charge is 2.02. The molecule has 0 aliphatic heterocycles. The standard InChI is InChI=1S/C8H8BrClO/c1-5-2-6(4-11)3-7(10)8(5)9/h2-3,11H,4H2,1H3. The first-order chi connectivity index (χ1) is 5.15. The molecule has 0 fully saturated rings. The third-order valence-electron chi connectivity index (χ3n) is 1.45. The summed E-state index contributed by atoms with van der Waals surface area (Å²) in [6.45, 7) is 1.98. The zero-order valence-electron chi connectivity index (χ0n) is 6.06. The highest BCUT2D eigenvalue weighted by molar-refractivity contribution is 9.10. The van der Waals surface area contributed by atoms with Crippen LogP contribution in [0.25, 0.3) is 0 Å². The monoisotopic (exact) mass is 234 g/mol. The van der Waals surface area contributed by atoms with Crippen molar-refractivity contribution in [3.8, 4) is 0 Å². The van der Waals surface area contributed by atoms with E-state index in [0.717, 1.165) is 15.6 Å². The van der Waals surface area contributed by atoms with Gasteiger partial charge in [0.1, 0.15) is 0 Å². The summed E-state index contributed by atoms with van der Waals surface area (Å²) >= 11 is 9.17. The Balaban J connectivity index is 3.21. The average molecular weight is 236 g/mol. The second kappa shape index (κ2) is 3.57. The Morgan fingerprint density at radius 2 is 2.18 bits per heavy atom. The number of aliphatic hydroxyl groups excluding tert-OH is 1. The van der Waals surface area contributed by atoms with Crippen LogP contribution in [0.4, 0.5) is 0 Å². The van der Waals surface area contributed by atoms with Crippen LogP contribution in [0.15, 0.2) is 16.6 Å². The predicted molar refractivity (Wildman–Crippen MR) is 49.8 cm³/mol. The lowest BCUT2D eigenvalue weighted by Crippen LogP contribution is -1.86. The maximum atomic E-state index is 8.80. The van der Waals surface area contributed by atoms with Crippen molar-refractivity contribution in [3.05, 3.63) is 32.8 Å². The molecule has 0 bridgehead atoms. The molecule has 0 amide bonds. The van der Waals surface area contributed by atoms with Gasteiger partial charge < -0.3 is 5.11 Å². The highest BCUT2D eigenvalue weighted by Crippen LogP contribution is 2.27. The van der Waals surface area contributed by atoms with Crippen molar-refractivity contribution in [2.45, 2.75) is 13.5 Å². The SMILES string of the molecule is Cc1cc(CO)cc(Cl)c1Br. The lowest BCUT2D eigenvalue weighted by Gasteiger charge is -2.03. The van der Waals surface area contributed by atoms with Gasteiger partial charge in [-0.3, -0.25) is 0 Å². The Morgan fingerprint density at radius 1 is 1.55 bits per heavy atom. The van der Waals surface area contributed by atoms with Gasteiger partial charge in [-0.05, 0) is 40.0 Å². The molecule has 0 atom stereocenters. The molecule has 0 unspecified atom stereocenters. The van der Waals surface area contributed by atoms with Gasteiger partial charge in [0.25, 0.3) is 0 Å². The first-order valence-electron chi connectivity index (χ1n) is 3.20. The van der Waals surface area contributed by atoms with Crippen LogP contribution in [0.3, 0.4) is 0 Å². The van der Waals surface area contributed by atoms with Crippen molar-refractivity contribution in [3.63, 3.8) is 0 Å². The molecule has 1 nitrogen and oxygen atoms in total. The molecule has 0 spiro atoms. The van der Waals surface area contributed by atoms with Gasteiger partial charge in [-0.25, -0.2) is 0 Å². The van der Waals surface area contributed by atoms with Crippen LogP contribution >= 0.6 is 27.5 Å². The van der Waals surface area contributed by atoms with Gasteiger partial charge >= 0.3 is 0 Å². The average Bonchev–Trinajstić information content (AvgIpc) is 1.99. The van der Waals surface area contributed by atoms with E-state index in [9.17, 15) is 0 Å². The van der Waals surface area contributed by atoms with Gasteiger partial charge in [0.05, 0.1) is 11.6 Å². The Kier molecular flexibility index (Phi) is 2.93. The second-order valence-electron chi connectivity index (χ2n) is 2.37. The van der Waals surface area contributed by atoms with Crippen LogP contribution in [-0.4, -0.2) is 5.11 Å². The van der Waals surface area contributed by atoms with Crippen molar-refractivity contribution >= 4 is 27.5 Å². The van der Waals surface area contributed by atoms with E-state index in [2.05, 4.69) is 15.9 Å². The number of halogens is 2. The maximum Gasteiger partial charge on any atom is 0.0682 e. The maximum absolute atomic E-state index is 8.80. The first kappa shape index (κ1) is 9.04. The minimum Gasteiger partial charge on any atom is -0.392 e. The van der Waals surface area contributed by atoms with Crippen LogP contribution in [0.5, 0.6) is 0 Å². The molecule has 1 aromatic carbocycles. The molecule has 1 N–H and O–H groups in total. The fraction of sp³-hybridized carbons (Fsp3) is 0.250. The number of aryl methyl sites for hydroxylation is 1. The molecule has 0 aromatic heterocycles. The van der Waals surface area contributed by atoms with Crippen LogP contribution in [0.2, 0.25) is 5.02 Å². The molecular formula is C8H8BrClO. The summed E-state index contributed by atoms with van der Waals surface area (Å²) in [5, 5.41) is 9.45. The van der Waals surface area contributed by atoms with E-state index in [1.165, 1.54) is 0 Å². The van der Waals surface area contributed by atoms with Crippen molar-refractivity contribution in [1.82, 2.24) is 0 Å². The van der Waals surface area contributed by atoms with E-state index in [1.807, 2.05) is 13.0 Å². The Labute approximate surface area is 79.1 Å². The number of rotatable bonds is 1. The predicted octanol–water partition coefficient (Wildman–Crippen LogP) is 2.90. The van der Waals surface area contributed by atoms with Crippen LogP contribution < -0.4 is 0 Å². The Bertz CT molecular complexity index is 250. The number of benzene rings is 1. The van der Waals surface area contributed by atoms with Gasteiger partial charge in [0.2, 0.25) is 0 Å². The topological polar surface area (TPSA) is 20.2 Å². The first-order valence-corrected chi connectivity index (χ1v) is 4.37. The number of hydrogen-bond acceptors (Lipinski definition) is 1. The van der Waals surface area contributed by atoms with Crippen LogP contribution in [0, 0.1) is 6.92 Å². The lowest BCUT2D eigenvalue weighted by molar-refractivity contribution is 0.282. The molecule has 11 heavy (non-hydrogen) atoms. The van der Waals surface area contributed by atoms with E-state index < -0.39 is 0 Å². The molecule has 0 saturated heterocycles. The van der Waals surface area contributed by atoms with Gasteiger partial charge in [-0.15, -0.1) is 0 Å². The molecule has 1 aromatic rings. The molecule has 1 rings (SSSR count). The molecule has 3 heteroatoms. The summed E-state index contributed by atoms with van der Waals surface area (Å²) < 4.78 is 0.899. The van der Waals surface area contributed by atoms with Crippen molar-refractivity contribution in [2.75, 3.05) is 0 Å². The summed E-state index contributed by atoms with van der Waals surface area (Å²) in [7, 11) is 0. The number of hydrogen-bond donors (Lipinski definition) is 1. The zero-order valence-corrected chi connectivity index (χ0v) is 8.41. The summed E-state index contributed by atoms with van der Waals surface area (Å²) in [6, 6.07) is 3.65. The van der Waals surface area contributed by atoms with Crippen molar-refractivity contribution in [1.29, 1.82) is 0 Å². The van der Waals surface area contributed by atoms with Gasteiger partial charge in [0, 0.05) is 4.47 Å². The fourth-order valence-corrected chi connectivity index (χ4v) is 1.41. The van der Waals surface area contributed by atoms with E-state index in [0.29, 0.717) is 5.02 Å². The Morgan fingerprint density at radius 3 is 2.64 bits per heavy atom. The van der Waals surface area contributed by atoms with Crippen molar-refractivity contribution < 1.29 is 5.11 Å². The molecule has 0 aliphatic carbocycles. The van der Waals surface area contributed by atoms with Gasteiger partial charge in [-0.2, -0.15) is 0 Å². The summed E-state index contributed by atoms with van der Waals surface area (Å²) in [5.41, 5.74) is 1.89. The van der Waals surface area contributed by atoms with E-state index >= 15 is 0 Å².